The van der Waals surface area contributed by atoms with E-state index in [0.717, 1.165) is 5.69 Å². The summed E-state index contributed by atoms with van der Waals surface area (Å²) in [7, 11) is 0. The number of anilines is 1. The highest BCUT2D eigenvalue weighted by atomic mass is 16.2. The lowest BCUT2D eigenvalue weighted by molar-refractivity contribution is 0.0984. The number of carbonyl (C=O) groups is 1. The molecule has 1 heterocycles. The van der Waals surface area contributed by atoms with Crippen LogP contribution in [0.2, 0.25) is 0 Å². The first-order valence-electron chi connectivity index (χ1n) is 6.76. The van der Waals surface area contributed by atoms with Crippen molar-refractivity contribution in [1.82, 2.24) is 9.55 Å². The summed E-state index contributed by atoms with van der Waals surface area (Å²) in [6.45, 7) is 5.77. The quantitative estimate of drug-likeness (QED) is 0.903. The van der Waals surface area contributed by atoms with E-state index in [1.807, 2.05) is 42.7 Å². The van der Waals surface area contributed by atoms with Gasteiger partial charge in [-0.2, -0.15) is 0 Å². The Balaban J connectivity index is 2.21. The average Bonchev–Trinajstić information content (AvgIpc) is 2.90. The van der Waals surface area contributed by atoms with Gasteiger partial charge >= 0.3 is 0 Å². The molecule has 0 spiro atoms. The van der Waals surface area contributed by atoms with Gasteiger partial charge in [0.25, 0.3) is 5.91 Å². The third-order valence-corrected chi connectivity index (χ3v) is 3.15. The Bertz CT molecular complexity index is 574. The molecule has 2 aromatic rings. The number of benzene rings is 1. The number of aryl methyl sites for hydroxylation is 1. The molecular weight excluding hydrogens is 252 g/mol. The molecule has 2 rings (SSSR count). The smallest absolute Gasteiger partial charge is 0.278 e. The van der Waals surface area contributed by atoms with Gasteiger partial charge in [-0.1, -0.05) is 17.7 Å². The molecule has 0 fully saturated rings. The maximum absolute atomic E-state index is 12.5. The van der Waals surface area contributed by atoms with Gasteiger partial charge in [-0.3, -0.25) is 4.79 Å². The average molecular weight is 272 g/mol. The van der Waals surface area contributed by atoms with Crippen LogP contribution in [0.25, 0.3) is 0 Å². The predicted octanol–water partition coefficient (Wildman–Crippen LogP) is 1.82. The minimum Gasteiger partial charge on any atom is -0.335 e. The first-order chi connectivity index (χ1) is 9.65. The molecule has 0 unspecified atom stereocenters. The van der Waals surface area contributed by atoms with Crippen molar-refractivity contribution in [1.29, 1.82) is 0 Å². The van der Waals surface area contributed by atoms with Gasteiger partial charge < -0.3 is 15.2 Å². The molecule has 1 aromatic heterocycles. The van der Waals surface area contributed by atoms with Crippen LogP contribution in [0.3, 0.4) is 0 Å². The van der Waals surface area contributed by atoms with Crippen molar-refractivity contribution < 1.29 is 4.79 Å². The van der Waals surface area contributed by atoms with Crippen molar-refractivity contribution in [3.63, 3.8) is 0 Å². The van der Waals surface area contributed by atoms with E-state index in [0.29, 0.717) is 25.3 Å². The van der Waals surface area contributed by atoms with Crippen LogP contribution in [0.15, 0.2) is 36.8 Å². The van der Waals surface area contributed by atoms with Gasteiger partial charge in [0, 0.05) is 31.5 Å². The fraction of sp³-hybridized carbons (Fsp3) is 0.333. The van der Waals surface area contributed by atoms with Gasteiger partial charge in [-0.15, -0.1) is 0 Å². The Hall–Kier alpha value is -2.14. The van der Waals surface area contributed by atoms with Gasteiger partial charge in [0.1, 0.15) is 5.69 Å². The molecule has 0 aliphatic rings. The summed E-state index contributed by atoms with van der Waals surface area (Å²) >= 11 is 0. The third-order valence-electron chi connectivity index (χ3n) is 3.15. The van der Waals surface area contributed by atoms with Gasteiger partial charge in [0.05, 0.1) is 6.33 Å². The summed E-state index contributed by atoms with van der Waals surface area (Å²) in [5.41, 5.74) is 7.99. The molecule has 0 bridgehead atoms. The lowest BCUT2D eigenvalue weighted by atomic mass is 10.2. The molecule has 0 aliphatic heterocycles. The minimum absolute atomic E-state index is 0.0906. The van der Waals surface area contributed by atoms with E-state index < -0.39 is 0 Å². The fourth-order valence-electron chi connectivity index (χ4n) is 2.05. The van der Waals surface area contributed by atoms with Crippen LogP contribution >= 0.6 is 0 Å². The van der Waals surface area contributed by atoms with Gasteiger partial charge in [0.15, 0.2) is 0 Å². The standard InChI is InChI=1S/C15H20N4O/c1-3-19(13-6-4-12(2)5-7-13)15(20)14-10-18(9-8-16)11-17-14/h4-7,10-11H,3,8-9,16H2,1-2H3. The van der Waals surface area contributed by atoms with Crippen molar-refractivity contribution in [3.8, 4) is 0 Å². The minimum atomic E-state index is -0.0906. The first-order valence-corrected chi connectivity index (χ1v) is 6.76. The molecule has 5 nitrogen and oxygen atoms in total. The molecule has 106 valence electrons. The maximum atomic E-state index is 12.5. The number of rotatable bonds is 5. The van der Waals surface area contributed by atoms with E-state index in [-0.39, 0.29) is 5.91 Å². The van der Waals surface area contributed by atoms with Gasteiger partial charge in [-0.05, 0) is 26.0 Å². The maximum Gasteiger partial charge on any atom is 0.278 e. The Labute approximate surface area is 119 Å². The van der Waals surface area contributed by atoms with Crippen molar-refractivity contribution in [3.05, 3.63) is 48.0 Å². The van der Waals surface area contributed by atoms with Crippen LogP contribution in [-0.2, 0) is 6.54 Å². The summed E-state index contributed by atoms with van der Waals surface area (Å²) in [6.07, 6.45) is 3.38. The molecular formula is C15H20N4O. The zero-order valence-electron chi connectivity index (χ0n) is 11.9. The molecule has 0 aliphatic carbocycles. The lowest BCUT2D eigenvalue weighted by Gasteiger charge is -2.20. The Morgan fingerprint density at radius 1 is 1.35 bits per heavy atom. The van der Waals surface area contributed by atoms with Crippen molar-refractivity contribution in [2.24, 2.45) is 5.73 Å². The van der Waals surface area contributed by atoms with E-state index >= 15 is 0 Å². The number of imidazole rings is 1. The fourth-order valence-corrected chi connectivity index (χ4v) is 2.05. The molecule has 0 saturated carbocycles. The van der Waals surface area contributed by atoms with Crippen LogP contribution in [0, 0.1) is 6.92 Å². The molecule has 1 amide bonds. The van der Waals surface area contributed by atoms with Crippen molar-refractivity contribution in [2.75, 3.05) is 18.0 Å². The number of hydrogen-bond acceptors (Lipinski definition) is 3. The zero-order valence-corrected chi connectivity index (χ0v) is 11.9. The molecule has 1 aromatic carbocycles. The molecule has 0 radical (unpaired) electrons. The number of hydrogen-bond donors (Lipinski definition) is 1. The van der Waals surface area contributed by atoms with E-state index in [4.69, 9.17) is 5.73 Å². The van der Waals surface area contributed by atoms with Crippen LogP contribution in [-0.4, -0.2) is 28.5 Å². The van der Waals surface area contributed by atoms with Crippen LogP contribution in [0.1, 0.15) is 23.0 Å². The molecule has 2 N–H and O–H groups in total. The van der Waals surface area contributed by atoms with Crippen LogP contribution < -0.4 is 10.6 Å². The van der Waals surface area contributed by atoms with E-state index in [2.05, 4.69) is 4.98 Å². The summed E-state index contributed by atoms with van der Waals surface area (Å²) in [5.74, 6) is -0.0906. The first kappa shape index (κ1) is 14.3. The topological polar surface area (TPSA) is 64.2 Å². The number of carbonyl (C=O) groups excluding carboxylic acids is 1. The second-order valence-electron chi connectivity index (χ2n) is 4.67. The second-order valence-corrected chi connectivity index (χ2v) is 4.67. The Morgan fingerprint density at radius 2 is 2.05 bits per heavy atom. The molecule has 5 heteroatoms. The highest BCUT2D eigenvalue weighted by Gasteiger charge is 2.18. The van der Waals surface area contributed by atoms with E-state index in [1.54, 1.807) is 17.4 Å². The zero-order chi connectivity index (χ0) is 14.5. The predicted molar refractivity (Wildman–Crippen MR) is 79.8 cm³/mol. The third kappa shape index (κ3) is 3.05. The summed E-state index contributed by atoms with van der Waals surface area (Å²) in [6, 6.07) is 7.90. The SMILES string of the molecule is CCN(C(=O)c1cn(CCN)cn1)c1ccc(C)cc1. The highest BCUT2D eigenvalue weighted by molar-refractivity contribution is 6.04. The van der Waals surface area contributed by atoms with Crippen LogP contribution in [0.5, 0.6) is 0 Å². The van der Waals surface area contributed by atoms with Gasteiger partial charge in [0.2, 0.25) is 0 Å². The van der Waals surface area contributed by atoms with Gasteiger partial charge in [-0.25, -0.2) is 4.98 Å². The largest absolute Gasteiger partial charge is 0.335 e. The number of aromatic nitrogens is 2. The molecule has 0 saturated heterocycles. The summed E-state index contributed by atoms with van der Waals surface area (Å²) in [5, 5.41) is 0. The van der Waals surface area contributed by atoms with Crippen molar-refractivity contribution in [2.45, 2.75) is 20.4 Å². The number of amides is 1. The monoisotopic (exact) mass is 272 g/mol. The Morgan fingerprint density at radius 3 is 2.65 bits per heavy atom. The van der Waals surface area contributed by atoms with Crippen LogP contribution in [0.4, 0.5) is 5.69 Å². The normalized spacial score (nSPS) is 10.6. The number of nitrogens with zero attached hydrogens (tertiary/aromatic N) is 3. The second kappa shape index (κ2) is 6.34. The lowest BCUT2D eigenvalue weighted by Crippen LogP contribution is -2.30. The Kier molecular flexibility index (Phi) is 4.53. The molecule has 20 heavy (non-hydrogen) atoms. The highest BCUT2D eigenvalue weighted by Crippen LogP contribution is 2.17. The van der Waals surface area contributed by atoms with E-state index in [1.165, 1.54) is 5.56 Å². The number of nitrogens with two attached hydrogens (primary N) is 1. The van der Waals surface area contributed by atoms with Crippen molar-refractivity contribution >= 4 is 11.6 Å². The summed E-state index contributed by atoms with van der Waals surface area (Å²) in [4.78, 5) is 18.4. The van der Waals surface area contributed by atoms with E-state index in [9.17, 15) is 4.79 Å². The summed E-state index contributed by atoms with van der Waals surface area (Å²) < 4.78 is 1.83. The molecule has 0 atom stereocenters.